The van der Waals surface area contributed by atoms with Gasteiger partial charge in [0.25, 0.3) is 0 Å². The molecule has 1 amide bonds. The summed E-state index contributed by atoms with van der Waals surface area (Å²) in [5, 5.41) is 6.28. The summed E-state index contributed by atoms with van der Waals surface area (Å²) in [5.74, 6) is 1.44. The fourth-order valence-corrected chi connectivity index (χ4v) is 4.06. The highest BCUT2D eigenvalue weighted by Gasteiger charge is 2.27. The van der Waals surface area contributed by atoms with Gasteiger partial charge in [-0.2, -0.15) is 5.10 Å². The number of imidazole rings is 1. The van der Waals surface area contributed by atoms with Crippen LogP contribution in [0.5, 0.6) is 0 Å². The number of likely N-dealkylation sites (tertiary alicyclic amines) is 1. The van der Waals surface area contributed by atoms with Crippen LogP contribution in [-0.4, -0.2) is 48.2 Å². The van der Waals surface area contributed by atoms with Gasteiger partial charge in [-0.25, -0.2) is 9.97 Å². The molecule has 4 heterocycles. The summed E-state index contributed by atoms with van der Waals surface area (Å²) in [7, 11) is 0. The van der Waals surface area contributed by atoms with Crippen molar-refractivity contribution in [2.24, 2.45) is 0 Å². The van der Waals surface area contributed by atoms with Gasteiger partial charge >= 0.3 is 0 Å². The Balaban J connectivity index is 1.45. The first-order valence-electron chi connectivity index (χ1n) is 8.85. The van der Waals surface area contributed by atoms with Crippen molar-refractivity contribution in [1.82, 2.24) is 29.2 Å². The van der Waals surface area contributed by atoms with Gasteiger partial charge < -0.3 is 9.47 Å². The van der Waals surface area contributed by atoms with E-state index >= 15 is 0 Å². The van der Waals surface area contributed by atoms with E-state index in [0.717, 1.165) is 43.1 Å². The molecule has 7 nitrogen and oxygen atoms in total. The lowest BCUT2D eigenvalue weighted by Gasteiger charge is -2.32. The summed E-state index contributed by atoms with van der Waals surface area (Å²) in [6.07, 6.45) is 7.63. The number of hydrogen-bond acceptors (Lipinski definition) is 5. The van der Waals surface area contributed by atoms with E-state index in [-0.39, 0.29) is 11.8 Å². The number of aryl methyl sites for hydroxylation is 1. The molecular weight excluding hydrogens is 348 g/mol. The maximum absolute atomic E-state index is 12.7. The zero-order chi connectivity index (χ0) is 17.9. The van der Waals surface area contributed by atoms with Crippen LogP contribution in [0.2, 0.25) is 0 Å². The number of thiazole rings is 1. The highest BCUT2D eigenvalue weighted by Crippen LogP contribution is 2.26. The predicted molar refractivity (Wildman–Crippen MR) is 99.0 cm³/mol. The summed E-state index contributed by atoms with van der Waals surface area (Å²) in [4.78, 5) is 23.6. The van der Waals surface area contributed by atoms with Crippen molar-refractivity contribution in [1.29, 1.82) is 0 Å². The monoisotopic (exact) mass is 370 g/mol. The van der Waals surface area contributed by atoms with Crippen LogP contribution in [0.3, 0.4) is 0 Å². The fraction of sp³-hybridized carbons (Fsp3) is 0.444. The van der Waals surface area contributed by atoms with Crippen molar-refractivity contribution < 1.29 is 4.79 Å². The van der Waals surface area contributed by atoms with E-state index in [4.69, 9.17) is 0 Å². The summed E-state index contributed by atoms with van der Waals surface area (Å²) in [5.41, 5.74) is 3.90. The molecule has 3 aromatic heterocycles. The highest BCUT2D eigenvalue weighted by atomic mass is 32.1. The first-order valence-corrected chi connectivity index (χ1v) is 9.79. The van der Waals surface area contributed by atoms with Crippen molar-refractivity contribution in [2.75, 3.05) is 13.1 Å². The van der Waals surface area contributed by atoms with Crippen LogP contribution in [-0.2, 0) is 17.9 Å². The van der Waals surface area contributed by atoms with Gasteiger partial charge in [-0.05, 0) is 25.8 Å². The molecule has 3 aromatic rings. The van der Waals surface area contributed by atoms with Crippen molar-refractivity contribution in [3.63, 3.8) is 0 Å². The maximum atomic E-state index is 12.7. The number of rotatable bonds is 5. The highest BCUT2D eigenvalue weighted by molar-refractivity contribution is 7.07. The molecule has 0 bridgehead atoms. The minimum atomic E-state index is 0.124. The van der Waals surface area contributed by atoms with Gasteiger partial charge in [0.05, 0.1) is 17.7 Å². The first-order chi connectivity index (χ1) is 12.7. The first kappa shape index (κ1) is 17.0. The van der Waals surface area contributed by atoms with Gasteiger partial charge in [0, 0.05) is 48.7 Å². The van der Waals surface area contributed by atoms with E-state index in [1.165, 1.54) is 0 Å². The lowest BCUT2D eigenvalue weighted by Crippen LogP contribution is -2.41. The molecule has 1 saturated heterocycles. The fourth-order valence-electron chi connectivity index (χ4n) is 3.51. The number of amides is 1. The lowest BCUT2D eigenvalue weighted by atomic mass is 9.97. The van der Waals surface area contributed by atoms with Crippen LogP contribution in [0.25, 0.3) is 0 Å². The number of carbonyl (C=O) groups is 1. The zero-order valence-electron chi connectivity index (χ0n) is 14.8. The molecule has 0 spiro atoms. The molecular formula is C18H22N6OS. The van der Waals surface area contributed by atoms with Crippen molar-refractivity contribution in [3.8, 4) is 0 Å². The molecule has 136 valence electrons. The summed E-state index contributed by atoms with van der Waals surface area (Å²) in [6.45, 7) is 4.53. The number of hydrogen-bond donors (Lipinski definition) is 0. The number of nitrogens with zero attached hydrogens (tertiary/aromatic N) is 6. The average molecular weight is 370 g/mol. The van der Waals surface area contributed by atoms with E-state index in [1.807, 2.05) is 35.8 Å². The molecule has 0 N–H and O–H groups in total. The Labute approximate surface area is 156 Å². The van der Waals surface area contributed by atoms with E-state index < -0.39 is 0 Å². The molecule has 0 aromatic carbocycles. The van der Waals surface area contributed by atoms with Crippen LogP contribution < -0.4 is 0 Å². The van der Waals surface area contributed by atoms with E-state index in [2.05, 4.69) is 25.0 Å². The van der Waals surface area contributed by atoms with Crippen LogP contribution in [0.4, 0.5) is 0 Å². The normalized spacial score (nSPS) is 17.6. The third-order valence-electron chi connectivity index (χ3n) is 4.92. The Kier molecular flexibility index (Phi) is 4.83. The topological polar surface area (TPSA) is 68.8 Å². The third-order valence-corrected chi connectivity index (χ3v) is 5.55. The molecule has 4 rings (SSSR count). The predicted octanol–water partition coefficient (Wildman–Crippen LogP) is 2.30. The molecule has 1 atom stereocenters. The number of piperidine rings is 1. The van der Waals surface area contributed by atoms with Gasteiger partial charge in [-0.1, -0.05) is 0 Å². The summed E-state index contributed by atoms with van der Waals surface area (Å²) >= 11 is 1.60. The molecule has 8 heteroatoms. The molecule has 0 radical (unpaired) electrons. The second-order valence-corrected chi connectivity index (χ2v) is 7.42. The Morgan fingerprint density at radius 2 is 2.27 bits per heavy atom. The van der Waals surface area contributed by atoms with Gasteiger partial charge in [-0.3, -0.25) is 9.48 Å². The second kappa shape index (κ2) is 7.41. The van der Waals surface area contributed by atoms with Gasteiger partial charge in [-0.15, -0.1) is 11.3 Å². The smallest absolute Gasteiger partial charge is 0.244 e. The Bertz CT molecular complexity index is 868. The summed E-state index contributed by atoms with van der Waals surface area (Å²) in [6, 6.07) is 1.92. The van der Waals surface area contributed by atoms with Crippen molar-refractivity contribution in [3.05, 3.63) is 52.8 Å². The second-order valence-electron chi connectivity index (χ2n) is 6.70. The Hall–Kier alpha value is -2.48. The van der Waals surface area contributed by atoms with Crippen LogP contribution in [0.15, 0.2) is 35.5 Å². The number of carbonyl (C=O) groups excluding carboxylic acids is 1. The third kappa shape index (κ3) is 3.55. The maximum Gasteiger partial charge on any atom is 0.244 e. The van der Waals surface area contributed by atoms with Crippen molar-refractivity contribution in [2.45, 2.75) is 38.8 Å². The van der Waals surface area contributed by atoms with E-state index in [9.17, 15) is 4.79 Å². The van der Waals surface area contributed by atoms with Gasteiger partial charge in [0.1, 0.15) is 12.4 Å². The molecule has 0 aliphatic carbocycles. The molecule has 1 fully saturated rings. The molecule has 1 aliphatic rings. The standard InChI is InChI=1S/C18H22N6OS/c1-14-4-5-21-24(14)11-17(25)22-7-2-3-15(9-22)18-19-6-8-23(18)10-16-12-26-13-20-16/h4-6,8,12-13,15H,2-3,7,9-11H2,1H3. The van der Waals surface area contributed by atoms with Gasteiger partial charge in [0.15, 0.2) is 0 Å². The largest absolute Gasteiger partial charge is 0.340 e. The minimum absolute atomic E-state index is 0.124. The summed E-state index contributed by atoms with van der Waals surface area (Å²) < 4.78 is 3.92. The molecule has 1 aliphatic heterocycles. The minimum Gasteiger partial charge on any atom is -0.340 e. The quantitative estimate of drug-likeness (QED) is 0.691. The zero-order valence-corrected chi connectivity index (χ0v) is 15.6. The van der Waals surface area contributed by atoms with Crippen LogP contribution >= 0.6 is 11.3 Å². The molecule has 1 unspecified atom stereocenters. The van der Waals surface area contributed by atoms with Crippen LogP contribution in [0, 0.1) is 6.92 Å². The van der Waals surface area contributed by atoms with E-state index in [1.54, 1.807) is 22.2 Å². The van der Waals surface area contributed by atoms with Crippen LogP contribution in [0.1, 0.15) is 36.0 Å². The number of aromatic nitrogens is 5. The molecule has 26 heavy (non-hydrogen) atoms. The van der Waals surface area contributed by atoms with Gasteiger partial charge in [0.2, 0.25) is 5.91 Å². The molecule has 0 saturated carbocycles. The van der Waals surface area contributed by atoms with E-state index in [0.29, 0.717) is 13.1 Å². The SMILES string of the molecule is Cc1ccnn1CC(=O)N1CCCC(c2nccn2Cc2cscn2)C1. The lowest BCUT2D eigenvalue weighted by molar-refractivity contribution is -0.133. The Morgan fingerprint density at radius 3 is 3.04 bits per heavy atom. The average Bonchev–Trinajstić information content (AvgIpc) is 3.39. The Morgan fingerprint density at radius 1 is 1.35 bits per heavy atom. The van der Waals surface area contributed by atoms with Crippen molar-refractivity contribution >= 4 is 17.2 Å².